The fourth-order valence-corrected chi connectivity index (χ4v) is 2.06. The molecule has 0 unspecified atom stereocenters. The molecule has 0 aromatic carbocycles. The van der Waals surface area contributed by atoms with Gasteiger partial charge in [0.05, 0.1) is 12.7 Å². The highest BCUT2D eigenvalue weighted by molar-refractivity contribution is 5.16. The van der Waals surface area contributed by atoms with Crippen LogP contribution in [0, 0.1) is 6.92 Å². The van der Waals surface area contributed by atoms with Crippen LogP contribution >= 0.6 is 0 Å². The van der Waals surface area contributed by atoms with E-state index in [0.29, 0.717) is 12.0 Å². The van der Waals surface area contributed by atoms with Crippen molar-refractivity contribution in [3.8, 4) is 0 Å². The van der Waals surface area contributed by atoms with E-state index in [4.69, 9.17) is 0 Å². The molecule has 0 amide bonds. The average molecular weight is 181 g/mol. The maximum absolute atomic E-state index is 2.28. The summed E-state index contributed by atoms with van der Waals surface area (Å²) in [6.07, 6.45) is 2.24. The van der Waals surface area contributed by atoms with Crippen LogP contribution in [-0.4, -0.2) is 4.68 Å². The van der Waals surface area contributed by atoms with Crippen LogP contribution in [0.5, 0.6) is 0 Å². The molecule has 0 N–H and O–H groups in total. The molecule has 1 aromatic rings. The van der Waals surface area contributed by atoms with Crippen LogP contribution in [0.1, 0.15) is 50.9 Å². The lowest BCUT2D eigenvalue weighted by Gasteiger charge is -2.06. The lowest BCUT2D eigenvalue weighted by molar-refractivity contribution is -0.790. The Morgan fingerprint density at radius 2 is 1.77 bits per heavy atom. The van der Waals surface area contributed by atoms with Crippen LogP contribution in [0.25, 0.3) is 0 Å². The highest BCUT2D eigenvalue weighted by atomic mass is 15.4. The van der Waals surface area contributed by atoms with Crippen molar-refractivity contribution in [1.29, 1.82) is 0 Å². The van der Waals surface area contributed by atoms with E-state index in [-0.39, 0.29) is 0 Å². The van der Waals surface area contributed by atoms with Gasteiger partial charge in [-0.2, -0.15) is 4.68 Å². The zero-order valence-electron chi connectivity index (χ0n) is 9.63. The van der Waals surface area contributed by atoms with E-state index in [1.54, 1.807) is 0 Å². The average Bonchev–Trinajstić information content (AvgIpc) is 2.26. The van der Waals surface area contributed by atoms with E-state index in [1.807, 2.05) is 0 Å². The third kappa shape index (κ3) is 1.77. The number of hydrogen-bond acceptors (Lipinski definition) is 0. The second-order valence-electron chi connectivity index (χ2n) is 4.35. The molecule has 74 valence electrons. The van der Waals surface area contributed by atoms with Crippen molar-refractivity contribution >= 4 is 0 Å². The molecule has 1 rings (SSSR count). The molecule has 1 heterocycles. The maximum atomic E-state index is 2.28. The molecule has 0 fully saturated rings. The fraction of sp³-hybridized carbons (Fsp3) is 0.727. The summed E-state index contributed by atoms with van der Waals surface area (Å²) < 4.78 is 4.55. The first-order valence-corrected chi connectivity index (χ1v) is 5.02. The van der Waals surface area contributed by atoms with Crippen molar-refractivity contribution < 1.29 is 4.68 Å². The fourth-order valence-electron chi connectivity index (χ4n) is 2.06. The number of hydrogen-bond donors (Lipinski definition) is 0. The SMILES string of the molecule is Cc1c[n+](C(C)C)n(C)c1C(C)C. The zero-order chi connectivity index (χ0) is 10.2. The monoisotopic (exact) mass is 181 g/mol. The van der Waals surface area contributed by atoms with E-state index < -0.39 is 0 Å². The van der Waals surface area contributed by atoms with Gasteiger partial charge in [-0.05, 0) is 26.7 Å². The van der Waals surface area contributed by atoms with Gasteiger partial charge in [-0.15, -0.1) is 4.68 Å². The second-order valence-corrected chi connectivity index (χ2v) is 4.35. The van der Waals surface area contributed by atoms with E-state index in [0.717, 1.165) is 0 Å². The summed E-state index contributed by atoms with van der Waals surface area (Å²) >= 11 is 0. The van der Waals surface area contributed by atoms with Crippen molar-refractivity contribution in [3.05, 3.63) is 17.5 Å². The van der Waals surface area contributed by atoms with Gasteiger partial charge in [0.25, 0.3) is 0 Å². The van der Waals surface area contributed by atoms with Crippen molar-refractivity contribution in [3.63, 3.8) is 0 Å². The molecule has 0 saturated heterocycles. The maximum Gasteiger partial charge on any atom is 0.199 e. The highest BCUT2D eigenvalue weighted by Crippen LogP contribution is 2.17. The number of aromatic nitrogens is 2. The zero-order valence-corrected chi connectivity index (χ0v) is 9.63. The van der Waals surface area contributed by atoms with Crippen molar-refractivity contribution in [2.45, 2.75) is 46.6 Å². The molecule has 0 atom stereocenters. The van der Waals surface area contributed by atoms with E-state index in [9.17, 15) is 0 Å². The van der Waals surface area contributed by atoms with Crippen LogP contribution in [-0.2, 0) is 7.05 Å². The molecule has 0 radical (unpaired) electrons. The number of nitrogens with zero attached hydrogens (tertiary/aromatic N) is 2. The van der Waals surface area contributed by atoms with Crippen LogP contribution in [0.4, 0.5) is 0 Å². The van der Waals surface area contributed by atoms with Crippen LogP contribution in [0.2, 0.25) is 0 Å². The van der Waals surface area contributed by atoms with Crippen molar-refractivity contribution in [1.82, 2.24) is 4.68 Å². The van der Waals surface area contributed by atoms with E-state index >= 15 is 0 Å². The highest BCUT2D eigenvalue weighted by Gasteiger charge is 2.20. The van der Waals surface area contributed by atoms with Gasteiger partial charge in [-0.3, -0.25) is 0 Å². The van der Waals surface area contributed by atoms with Crippen molar-refractivity contribution in [2.24, 2.45) is 7.05 Å². The van der Waals surface area contributed by atoms with Crippen LogP contribution in [0.15, 0.2) is 6.20 Å². The minimum absolute atomic E-state index is 0.538. The molecule has 1 aromatic heterocycles. The molecule has 13 heavy (non-hydrogen) atoms. The summed E-state index contributed by atoms with van der Waals surface area (Å²) in [7, 11) is 2.14. The predicted octanol–water partition coefficient (Wildman–Crippen LogP) is 2.33. The van der Waals surface area contributed by atoms with Gasteiger partial charge in [-0.1, -0.05) is 13.8 Å². The molecule has 0 aliphatic heterocycles. The third-order valence-corrected chi connectivity index (χ3v) is 2.50. The normalized spacial score (nSPS) is 11.7. The first-order valence-electron chi connectivity index (χ1n) is 5.02. The first kappa shape index (κ1) is 10.3. The number of aryl methyl sites for hydroxylation is 1. The summed E-state index contributed by atoms with van der Waals surface area (Å²) in [5.74, 6) is 0.602. The molecular formula is C11H21N2+. The molecule has 0 saturated carbocycles. The van der Waals surface area contributed by atoms with Gasteiger partial charge in [0, 0.05) is 5.56 Å². The Bertz CT molecular complexity index is 295. The first-order chi connectivity index (χ1) is 5.95. The van der Waals surface area contributed by atoms with Gasteiger partial charge in [-0.25, -0.2) is 0 Å². The van der Waals surface area contributed by atoms with Gasteiger partial charge < -0.3 is 0 Å². The largest absolute Gasteiger partial charge is 0.199 e. The topological polar surface area (TPSA) is 8.81 Å². The molecule has 2 nitrogen and oxygen atoms in total. The summed E-state index contributed by atoms with van der Waals surface area (Å²) in [6, 6.07) is 0.538. The van der Waals surface area contributed by atoms with Gasteiger partial charge in [0.15, 0.2) is 12.2 Å². The quantitative estimate of drug-likeness (QED) is 0.619. The summed E-state index contributed by atoms with van der Waals surface area (Å²) in [5.41, 5.74) is 2.83. The molecule has 0 spiro atoms. The molecule has 0 bridgehead atoms. The van der Waals surface area contributed by atoms with E-state index in [1.165, 1.54) is 11.3 Å². The van der Waals surface area contributed by atoms with E-state index in [2.05, 4.69) is 57.2 Å². The Kier molecular flexibility index (Phi) is 2.79. The van der Waals surface area contributed by atoms with Crippen LogP contribution < -0.4 is 4.68 Å². The van der Waals surface area contributed by atoms with Gasteiger partial charge >= 0.3 is 0 Å². The smallest absolute Gasteiger partial charge is 0.160 e. The standard InChI is InChI=1S/C11H21N2/c1-8(2)11-10(5)7-13(9(3)4)12(11)6/h7-9H,1-6H3/q+1. The lowest BCUT2D eigenvalue weighted by atomic mass is 10.1. The predicted molar refractivity (Wildman–Crippen MR) is 54.8 cm³/mol. The van der Waals surface area contributed by atoms with Gasteiger partial charge in [0.2, 0.25) is 0 Å². The summed E-state index contributed by atoms with van der Waals surface area (Å²) in [5, 5.41) is 0. The Balaban J connectivity index is 3.22. The number of rotatable bonds is 2. The van der Waals surface area contributed by atoms with Crippen LogP contribution in [0.3, 0.4) is 0 Å². The molecule has 2 heteroatoms. The molecular weight excluding hydrogens is 160 g/mol. The Morgan fingerprint density at radius 1 is 1.23 bits per heavy atom. The molecule has 0 aliphatic carbocycles. The second kappa shape index (κ2) is 3.52. The summed E-state index contributed by atoms with van der Waals surface area (Å²) in [6.45, 7) is 11.1. The lowest BCUT2D eigenvalue weighted by Crippen LogP contribution is -2.43. The van der Waals surface area contributed by atoms with Crippen molar-refractivity contribution in [2.75, 3.05) is 0 Å². The Hall–Kier alpha value is -0.790. The Labute approximate surface area is 81.2 Å². The minimum atomic E-state index is 0.538. The minimum Gasteiger partial charge on any atom is -0.160 e. The Morgan fingerprint density at radius 3 is 2.00 bits per heavy atom. The molecule has 0 aliphatic rings. The van der Waals surface area contributed by atoms with Gasteiger partial charge in [0.1, 0.15) is 0 Å². The summed E-state index contributed by atoms with van der Waals surface area (Å²) in [4.78, 5) is 0. The third-order valence-electron chi connectivity index (χ3n) is 2.50.